The van der Waals surface area contributed by atoms with Gasteiger partial charge in [0, 0.05) is 12.1 Å². The summed E-state index contributed by atoms with van der Waals surface area (Å²) in [4.78, 5) is 0. The van der Waals surface area contributed by atoms with Crippen molar-refractivity contribution in [3.8, 4) is 11.5 Å². The van der Waals surface area contributed by atoms with Crippen LogP contribution in [-0.4, -0.2) is 14.2 Å². The van der Waals surface area contributed by atoms with Crippen LogP contribution in [0.5, 0.6) is 11.5 Å². The van der Waals surface area contributed by atoms with Crippen LogP contribution in [0.25, 0.3) is 0 Å². The van der Waals surface area contributed by atoms with E-state index >= 15 is 0 Å². The topological polar surface area (TPSA) is 30.5 Å². The van der Waals surface area contributed by atoms with Gasteiger partial charge in [-0.25, -0.2) is 0 Å². The molecule has 2 atom stereocenters. The lowest BCUT2D eigenvalue weighted by Crippen LogP contribution is -2.22. The molecule has 2 aromatic carbocycles. The molecular formula is C18H23NO2. The van der Waals surface area contributed by atoms with Gasteiger partial charge in [-0.3, -0.25) is 0 Å². The van der Waals surface area contributed by atoms with Gasteiger partial charge in [0.2, 0.25) is 0 Å². The predicted octanol–water partition coefficient (Wildman–Crippen LogP) is 4.12. The lowest BCUT2D eigenvalue weighted by Gasteiger charge is -2.21. The van der Waals surface area contributed by atoms with Gasteiger partial charge >= 0.3 is 0 Å². The van der Waals surface area contributed by atoms with E-state index in [0.717, 1.165) is 11.5 Å². The predicted molar refractivity (Wildman–Crippen MR) is 86.0 cm³/mol. The first-order valence-corrected chi connectivity index (χ1v) is 7.18. The van der Waals surface area contributed by atoms with E-state index in [-0.39, 0.29) is 12.1 Å². The maximum absolute atomic E-state index is 5.28. The molecule has 0 fully saturated rings. The fraction of sp³-hybridized carbons (Fsp3) is 0.333. The first-order valence-electron chi connectivity index (χ1n) is 7.18. The molecule has 0 aliphatic carbocycles. The number of rotatable bonds is 6. The molecule has 112 valence electrons. The molecule has 0 heterocycles. The van der Waals surface area contributed by atoms with Crippen molar-refractivity contribution >= 4 is 0 Å². The van der Waals surface area contributed by atoms with Gasteiger partial charge in [-0.15, -0.1) is 0 Å². The largest absolute Gasteiger partial charge is 0.497 e. The summed E-state index contributed by atoms with van der Waals surface area (Å²) in [6.45, 7) is 4.33. The molecule has 0 saturated carbocycles. The molecule has 1 N–H and O–H groups in total. The maximum atomic E-state index is 5.28. The van der Waals surface area contributed by atoms with E-state index < -0.39 is 0 Å². The Hall–Kier alpha value is -2.00. The highest BCUT2D eigenvalue weighted by atomic mass is 16.5. The van der Waals surface area contributed by atoms with Crippen LogP contribution in [0.15, 0.2) is 48.5 Å². The van der Waals surface area contributed by atoms with Crippen LogP contribution >= 0.6 is 0 Å². The summed E-state index contributed by atoms with van der Waals surface area (Å²) in [5, 5.41) is 3.60. The first kappa shape index (κ1) is 15.4. The van der Waals surface area contributed by atoms with Crippen molar-refractivity contribution in [1.82, 2.24) is 5.32 Å². The van der Waals surface area contributed by atoms with Crippen molar-refractivity contribution in [1.29, 1.82) is 0 Å². The van der Waals surface area contributed by atoms with Crippen LogP contribution in [0.4, 0.5) is 0 Å². The monoisotopic (exact) mass is 285 g/mol. The molecule has 0 spiro atoms. The van der Waals surface area contributed by atoms with E-state index in [0.29, 0.717) is 0 Å². The van der Waals surface area contributed by atoms with Crippen molar-refractivity contribution < 1.29 is 9.47 Å². The smallest absolute Gasteiger partial charge is 0.119 e. The van der Waals surface area contributed by atoms with E-state index in [1.807, 2.05) is 24.3 Å². The third kappa shape index (κ3) is 3.99. The quantitative estimate of drug-likeness (QED) is 0.866. The molecule has 0 bridgehead atoms. The summed E-state index contributed by atoms with van der Waals surface area (Å²) in [7, 11) is 3.37. The molecule has 2 aromatic rings. The molecule has 0 aliphatic rings. The summed E-state index contributed by atoms with van der Waals surface area (Å²) >= 11 is 0. The molecule has 3 nitrogen and oxygen atoms in total. The summed E-state index contributed by atoms with van der Waals surface area (Å²) < 4.78 is 10.5. The second-order valence-electron chi connectivity index (χ2n) is 5.16. The van der Waals surface area contributed by atoms with Gasteiger partial charge in [0.05, 0.1) is 14.2 Å². The van der Waals surface area contributed by atoms with Crippen molar-refractivity contribution in [2.24, 2.45) is 0 Å². The normalized spacial score (nSPS) is 13.5. The summed E-state index contributed by atoms with van der Waals surface area (Å²) in [5.41, 5.74) is 2.46. The Morgan fingerprint density at radius 3 is 2.00 bits per heavy atom. The highest BCUT2D eigenvalue weighted by Crippen LogP contribution is 2.23. The van der Waals surface area contributed by atoms with Gasteiger partial charge in [0.1, 0.15) is 11.5 Å². The molecule has 0 amide bonds. The van der Waals surface area contributed by atoms with Crippen LogP contribution in [0.1, 0.15) is 37.1 Å². The van der Waals surface area contributed by atoms with E-state index in [4.69, 9.17) is 9.47 Å². The zero-order valence-corrected chi connectivity index (χ0v) is 13.1. The van der Waals surface area contributed by atoms with Gasteiger partial charge in [-0.2, -0.15) is 0 Å². The fourth-order valence-corrected chi connectivity index (χ4v) is 2.37. The zero-order valence-electron chi connectivity index (χ0n) is 13.1. The van der Waals surface area contributed by atoms with E-state index in [1.54, 1.807) is 14.2 Å². The number of hydrogen-bond acceptors (Lipinski definition) is 3. The lowest BCUT2D eigenvalue weighted by atomic mass is 10.0. The highest BCUT2D eigenvalue weighted by Gasteiger charge is 2.11. The zero-order chi connectivity index (χ0) is 15.2. The minimum Gasteiger partial charge on any atom is -0.497 e. The number of methoxy groups -OCH3 is 2. The van der Waals surface area contributed by atoms with Gasteiger partial charge in [-0.1, -0.05) is 24.3 Å². The standard InChI is InChI=1S/C18H23NO2/c1-13(15-8-10-17(20-3)11-9-15)19-14(2)16-6-5-7-18(12-16)21-4/h5-14,19H,1-4H3/t13?,14-/m1/s1. The van der Waals surface area contributed by atoms with Gasteiger partial charge in [0.15, 0.2) is 0 Å². The van der Waals surface area contributed by atoms with Crippen molar-refractivity contribution in [2.75, 3.05) is 14.2 Å². The Morgan fingerprint density at radius 2 is 1.38 bits per heavy atom. The molecule has 0 aliphatic heterocycles. The molecule has 1 unspecified atom stereocenters. The minimum atomic E-state index is 0.247. The SMILES string of the molecule is COc1ccc(C(C)N[C@H](C)c2cccc(OC)c2)cc1. The van der Waals surface area contributed by atoms with Crippen LogP contribution in [-0.2, 0) is 0 Å². The molecular weight excluding hydrogens is 262 g/mol. The second-order valence-corrected chi connectivity index (χ2v) is 5.16. The Kier molecular flexibility index (Phi) is 5.23. The van der Waals surface area contributed by atoms with Crippen LogP contribution in [0, 0.1) is 0 Å². The van der Waals surface area contributed by atoms with Crippen molar-refractivity contribution in [3.05, 3.63) is 59.7 Å². The summed E-state index contributed by atoms with van der Waals surface area (Å²) in [5.74, 6) is 1.77. The van der Waals surface area contributed by atoms with E-state index in [1.165, 1.54) is 11.1 Å². The first-order chi connectivity index (χ1) is 10.1. The molecule has 0 saturated heterocycles. The average molecular weight is 285 g/mol. The van der Waals surface area contributed by atoms with Crippen LogP contribution in [0.3, 0.4) is 0 Å². The van der Waals surface area contributed by atoms with Crippen molar-refractivity contribution in [2.45, 2.75) is 25.9 Å². The Labute approximate surface area is 126 Å². The third-order valence-corrected chi connectivity index (χ3v) is 3.71. The number of hydrogen-bond donors (Lipinski definition) is 1. The summed E-state index contributed by atoms with van der Waals surface area (Å²) in [6.07, 6.45) is 0. The Morgan fingerprint density at radius 1 is 0.762 bits per heavy atom. The minimum absolute atomic E-state index is 0.247. The van der Waals surface area contributed by atoms with Gasteiger partial charge < -0.3 is 14.8 Å². The number of benzene rings is 2. The average Bonchev–Trinajstić information content (AvgIpc) is 2.54. The molecule has 3 heteroatoms. The van der Waals surface area contributed by atoms with E-state index in [2.05, 4.69) is 43.4 Å². The second kappa shape index (κ2) is 7.14. The van der Waals surface area contributed by atoms with Gasteiger partial charge in [-0.05, 0) is 49.2 Å². The Bertz CT molecular complexity index is 566. The number of nitrogens with one attached hydrogen (secondary N) is 1. The molecule has 2 rings (SSSR count). The van der Waals surface area contributed by atoms with Crippen molar-refractivity contribution in [3.63, 3.8) is 0 Å². The lowest BCUT2D eigenvalue weighted by molar-refractivity contribution is 0.412. The fourth-order valence-electron chi connectivity index (χ4n) is 2.37. The Balaban J connectivity index is 2.04. The highest BCUT2D eigenvalue weighted by molar-refractivity contribution is 5.31. The molecule has 21 heavy (non-hydrogen) atoms. The van der Waals surface area contributed by atoms with E-state index in [9.17, 15) is 0 Å². The third-order valence-electron chi connectivity index (χ3n) is 3.71. The molecule has 0 aromatic heterocycles. The summed E-state index contributed by atoms with van der Waals surface area (Å²) in [6, 6.07) is 16.8. The maximum Gasteiger partial charge on any atom is 0.119 e. The van der Waals surface area contributed by atoms with Crippen LogP contribution < -0.4 is 14.8 Å². The number of ether oxygens (including phenoxy) is 2. The molecule has 0 radical (unpaired) electrons. The van der Waals surface area contributed by atoms with Crippen LogP contribution in [0.2, 0.25) is 0 Å². The van der Waals surface area contributed by atoms with Gasteiger partial charge in [0.25, 0.3) is 0 Å².